The van der Waals surface area contributed by atoms with Gasteiger partial charge in [-0.3, -0.25) is 0 Å². The molecule has 5 N–H and O–H groups in total. The van der Waals surface area contributed by atoms with Crippen molar-refractivity contribution in [3.63, 3.8) is 0 Å². The lowest BCUT2D eigenvalue weighted by Crippen LogP contribution is -2.62. The van der Waals surface area contributed by atoms with Gasteiger partial charge in [-0.25, -0.2) is 0 Å². The molecule has 0 amide bonds. The molecule has 0 aromatic heterocycles. The van der Waals surface area contributed by atoms with Crippen molar-refractivity contribution in [1.29, 1.82) is 0 Å². The van der Waals surface area contributed by atoms with E-state index in [0.29, 0.717) is 0 Å². The minimum atomic E-state index is -1.20. The molecule has 0 radical (unpaired) electrons. The molecule has 0 aromatic carbocycles. The first-order valence-corrected chi connectivity index (χ1v) is 4.72. The highest BCUT2D eigenvalue weighted by atomic mass is 16.7. The molecule has 1 rings (SSSR count). The van der Waals surface area contributed by atoms with E-state index >= 15 is 0 Å². The number of nitrogens with two attached hydrogens (primary N) is 1. The van der Waals surface area contributed by atoms with Gasteiger partial charge in [-0.2, -0.15) is 0 Å². The van der Waals surface area contributed by atoms with Crippen LogP contribution in [0.5, 0.6) is 0 Å². The van der Waals surface area contributed by atoms with E-state index in [1.54, 1.807) is 0 Å². The molecular weight excluding hydrogens is 202 g/mol. The van der Waals surface area contributed by atoms with Gasteiger partial charge in [0.15, 0.2) is 6.29 Å². The second kappa shape index (κ2) is 5.55. The van der Waals surface area contributed by atoms with Crippen molar-refractivity contribution in [2.24, 2.45) is 5.73 Å². The molecule has 6 nitrogen and oxygen atoms in total. The van der Waals surface area contributed by atoms with Gasteiger partial charge in [0.1, 0.15) is 18.3 Å². The lowest BCUT2D eigenvalue weighted by Gasteiger charge is -2.40. The summed E-state index contributed by atoms with van der Waals surface area (Å²) in [4.78, 5) is 0. The minimum absolute atomic E-state index is 0.222. The number of aliphatic hydroxyl groups is 3. The molecule has 0 saturated carbocycles. The summed E-state index contributed by atoms with van der Waals surface area (Å²) in [5, 5.41) is 27.9. The van der Waals surface area contributed by atoms with Gasteiger partial charge in [-0.05, 0) is 0 Å². The molecule has 1 saturated heterocycles. The van der Waals surface area contributed by atoms with Gasteiger partial charge in [-0.15, -0.1) is 6.58 Å². The summed E-state index contributed by atoms with van der Waals surface area (Å²) in [6.45, 7) is 3.28. The van der Waals surface area contributed by atoms with E-state index in [1.165, 1.54) is 6.08 Å². The second-order valence-corrected chi connectivity index (χ2v) is 3.41. The van der Waals surface area contributed by atoms with E-state index in [4.69, 9.17) is 20.3 Å². The highest BCUT2D eigenvalue weighted by molar-refractivity contribution is 4.91. The highest BCUT2D eigenvalue weighted by Crippen LogP contribution is 2.20. The van der Waals surface area contributed by atoms with E-state index in [9.17, 15) is 10.2 Å². The smallest absolute Gasteiger partial charge is 0.176 e. The largest absolute Gasteiger partial charge is 0.394 e. The van der Waals surface area contributed by atoms with Crippen molar-refractivity contribution >= 4 is 0 Å². The summed E-state index contributed by atoms with van der Waals surface area (Å²) < 4.78 is 10.3. The van der Waals surface area contributed by atoms with Crippen LogP contribution < -0.4 is 5.73 Å². The lowest BCUT2D eigenvalue weighted by atomic mass is 9.98. The van der Waals surface area contributed by atoms with Crippen LogP contribution in [0, 0.1) is 0 Å². The third-order valence-corrected chi connectivity index (χ3v) is 2.31. The number of hydrogen-bond acceptors (Lipinski definition) is 6. The van der Waals surface area contributed by atoms with Crippen molar-refractivity contribution in [2.45, 2.75) is 30.6 Å². The van der Waals surface area contributed by atoms with Crippen LogP contribution in [0.4, 0.5) is 0 Å². The molecule has 88 valence electrons. The topological polar surface area (TPSA) is 105 Å². The lowest BCUT2D eigenvalue weighted by molar-refractivity contribution is -0.262. The van der Waals surface area contributed by atoms with Crippen molar-refractivity contribution in [1.82, 2.24) is 0 Å². The molecule has 15 heavy (non-hydrogen) atoms. The fourth-order valence-corrected chi connectivity index (χ4v) is 1.42. The summed E-state index contributed by atoms with van der Waals surface area (Å²) in [6.07, 6.45) is -2.59. The zero-order valence-corrected chi connectivity index (χ0v) is 8.32. The van der Waals surface area contributed by atoms with Crippen LogP contribution in [-0.2, 0) is 9.47 Å². The predicted octanol–water partition coefficient (Wildman–Crippen LogP) is -2.04. The first kappa shape index (κ1) is 12.6. The molecule has 1 fully saturated rings. The summed E-state index contributed by atoms with van der Waals surface area (Å²) in [5.74, 6) is 0. The Morgan fingerprint density at radius 3 is 2.60 bits per heavy atom. The van der Waals surface area contributed by atoms with Gasteiger partial charge < -0.3 is 30.5 Å². The first-order chi connectivity index (χ1) is 7.11. The van der Waals surface area contributed by atoms with Gasteiger partial charge in [-0.1, -0.05) is 6.08 Å². The number of ether oxygens (including phenoxy) is 2. The average molecular weight is 219 g/mol. The van der Waals surface area contributed by atoms with Gasteiger partial charge in [0.25, 0.3) is 0 Å². The Morgan fingerprint density at radius 2 is 2.07 bits per heavy atom. The SMILES string of the molecule is C=CCO[C@H]1O[C@H](CO)[C@H](O)[C@H](O)[C@H]1N. The van der Waals surface area contributed by atoms with Crippen LogP contribution in [0.25, 0.3) is 0 Å². The van der Waals surface area contributed by atoms with Crippen LogP contribution in [0.3, 0.4) is 0 Å². The summed E-state index contributed by atoms with van der Waals surface area (Å²) in [5.41, 5.74) is 5.59. The highest BCUT2D eigenvalue weighted by Gasteiger charge is 2.42. The van der Waals surface area contributed by atoms with Crippen LogP contribution in [-0.4, -0.2) is 59.2 Å². The van der Waals surface area contributed by atoms with Crippen molar-refractivity contribution in [3.8, 4) is 0 Å². The third kappa shape index (κ3) is 2.75. The Kier molecular flexibility index (Phi) is 4.65. The molecule has 0 bridgehead atoms. The van der Waals surface area contributed by atoms with E-state index < -0.39 is 37.3 Å². The standard InChI is InChI=1S/C9H17NO5/c1-2-3-14-9-6(10)8(13)7(12)5(4-11)15-9/h2,5-9,11-13H,1,3-4,10H2/t5-,6-,7+,8-,9+/m1/s1. The fourth-order valence-electron chi connectivity index (χ4n) is 1.42. The molecule has 1 heterocycles. The van der Waals surface area contributed by atoms with E-state index in [0.717, 1.165) is 0 Å². The Hall–Kier alpha value is -0.500. The molecule has 1 aliphatic heterocycles. The van der Waals surface area contributed by atoms with Crippen LogP contribution >= 0.6 is 0 Å². The Morgan fingerprint density at radius 1 is 1.40 bits per heavy atom. The molecule has 5 atom stereocenters. The zero-order valence-electron chi connectivity index (χ0n) is 8.32. The van der Waals surface area contributed by atoms with Crippen LogP contribution in [0.2, 0.25) is 0 Å². The summed E-state index contributed by atoms with van der Waals surface area (Å²) >= 11 is 0. The number of aliphatic hydroxyl groups excluding tert-OH is 3. The van der Waals surface area contributed by atoms with E-state index in [-0.39, 0.29) is 6.61 Å². The first-order valence-electron chi connectivity index (χ1n) is 4.72. The van der Waals surface area contributed by atoms with Crippen molar-refractivity contribution < 1.29 is 24.8 Å². The maximum atomic E-state index is 9.55. The van der Waals surface area contributed by atoms with Crippen molar-refractivity contribution in [3.05, 3.63) is 12.7 Å². The Bertz CT molecular complexity index is 211. The van der Waals surface area contributed by atoms with E-state index in [1.807, 2.05) is 0 Å². The average Bonchev–Trinajstić information content (AvgIpc) is 2.25. The monoisotopic (exact) mass is 219 g/mol. The maximum absolute atomic E-state index is 9.55. The molecule has 1 aliphatic rings. The maximum Gasteiger partial charge on any atom is 0.176 e. The Labute approximate surface area is 87.9 Å². The normalized spacial score (nSPS) is 41.5. The number of rotatable bonds is 4. The molecular formula is C9H17NO5. The fraction of sp³-hybridized carbons (Fsp3) is 0.778. The van der Waals surface area contributed by atoms with E-state index in [2.05, 4.69) is 6.58 Å². The van der Waals surface area contributed by atoms with Crippen LogP contribution in [0.15, 0.2) is 12.7 Å². The summed E-state index contributed by atoms with van der Waals surface area (Å²) in [6, 6.07) is -0.845. The molecule has 0 aliphatic carbocycles. The quantitative estimate of drug-likeness (QED) is 0.406. The number of hydrogen-bond donors (Lipinski definition) is 4. The van der Waals surface area contributed by atoms with Gasteiger partial charge >= 0.3 is 0 Å². The molecule has 0 aromatic rings. The minimum Gasteiger partial charge on any atom is -0.394 e. The predicted molar refractivity (Wildman–Crippen MR) is 51.9 cm³/mol. The van der Waals surface area contributed by atoms with Crippen molar-refractivity contribution in [2.75, 3.05) is 13.2 Å². The summed E-state index contributed by atoms with van der Waals surface area (Å²) in [7, 11) is 0. The van der Waals surface area contributed by atoms with Gasteiger partial charge in [0.2, 0.25) is 0 Å². The van der Waals surface area contributed by atoms with Crippen LogP contribution in [0.1, 0.15) is 0 Å². The molecule has 0 unspecified atom stereocenters. The van der Waals surface area contributed by atoms with Gasteiger partial charge in [0.05, 0.1) is 19.3 Å². The third-order valence-electron chi connectivity index (χ3n) is 2.31. The second-order valence-electron chi connectivity index (χ2n) is 3.41. The van der Waals surface area contributed by atoms with Gasteiger partial charge in [0, 0.05) is 0 Å². The molecule has 6 heteroatoms. The molecule has 0 spiro atoms. The zero-order chi connectivity index (χ0) is 11.4. The Balaban J connectivity index is 2.60.